The molecule has 0 aromatic heterocycles. The summed E-state index contributed by atoms with van der Waals surface area (Å²) in [5.41, 5.74) is 1.88. The van der Waals surface area contributed by atoms with Crippen molar-refractivity contribution in [1.82, 2.24) is 9.21 Å². The first-order valence-corrected chi connectivity index (χ1v) is 10.9. The van der Waals surface area contributed by atoms with Gasteiger partial charge in [-0.05, 0) is 29.7 Å². The van der Waals surface area contributed by atoms with Gasteiger partial charge in [0.2, 0.25) is 10.0 Å². The molecule has 0 aliphatic carbocycles. The van der Waals surface area contributed by atoms with Crippen molar-refractivity contribution in [1.29, 1.82) is 5.26 Å². The van der Waals surface area contributed by atoms with Crippen molar-refractivity contribution in [2.45, 2.75) is 12.5 Å². The first kappa shape index (κ1) is 20.3. The first-order chi connectivity index (χ1) is 13.5. The first-order valence-electron chi connectivity index (χ1n) is 9.33. The van der Waals surface area contributed by atoms with Gasteiger partial charge in [-0.15, -0.1) is 0 Å². The summed E-state index contributed by atoms with van der Waals surface area (Å²) >= 11 is 0. The zero-order chi connectivity index (χ0) is 20.0. The van der Waals surface area contributed by atoms with Gasteiger partial charge in [0.25, 0.3) is 0 Å². The van der Waals surface area contributed by atoms with Gasteiger partial charge in [0.1, 0.15) is 11.8 Å². The van der Waals surface area contributed by atoms with Crippen LogP contribution in [0.25, 0.3) is 0 Å². The van der Waals surface area contributed by atoms with Crippen molar-refractivity contribution in [3.05, 3.63) is 65.7 Å². The van der Waals surface area contributed by atoms with Crippen molar-refractivity contribution in [3.63, 3.8) is 0 Å². The fraction of sp³-hybridized carbons (Fsp3) is 0.381. The quantitative estimate of drug-likeness (QED) is 0.715. The van der Waals surface area contributed by atoms with E-state index in [-0.39, 0.29) is 5.75 Å². The van der Waals surface area contributed by atoms with Gasteiger partial charge in [-0.3, -0.25) is 4.90 Å². The van der Waals surface area contributed by atoms with Crippen LogP contribution in [0.2, 0.25) is 0 Å². The molecule has 28 heavy (non-hydrogen) atoms. The average Bonchev–Trinajstić information content (AvgIpc) is 2.74. The highest BCUT2D eigenvalue weighted by molar-refractivity contribution is 7.89. The lowest BCUT2D eigenvalue weighted by Gasteiger charge is -2.36. The van der Waals surface area contributed by atoms with Crippen molar-refractivity contribution in [3.8, 4) is 11.8 Å². The van der Waals surface area contributed by atoms with Crippen LogP contribution >= 0.6 is 0 Å². The normalized spacial score (nSPS) is 17.0. The van der Waals surface area contributed by atoms with Crippen LogP contribution in [0.1, 0.15) is 17.2 Å². The summed E-state index contributed by atoms with van der Waals surface area (Å²) in [7, 11) is -1.71. The molecule has 2 aromatic carbocycles. The van der Waals surface area contributed by atoms with Crippen molar-refractivity contribution < 1.29 is 13.2 Å². The SMILES string of the molecule is COc1cccc(C(C#N)N2CCN(S(=O)(=O)CCc3ccccc3)CC2)c1. The van der Waals surface area contributed by atoms with Crippen LogP contribution in [0.3, 0.4) is 0 Å². The molecule has 0 amide bonds. The fourth-order valence-corrected chi connectivity index (χ4v) is 4.91. The van der Waals surface area contributed by atoms with Crippen LogP contribution < -0.4 is 4.74 Å². The summed E-state index contributed by atoms with van der Waals surface area (Å²) in [6.07, 6.45) is 0.508. The van der Waals surface area contributed by atoms with E-state index in [2.05, 4.69) is 6.07 Å². The number of benzene rings is 2. The van der Waals surface area contributed by atoms with E-state index in [1.807, 2.05) is 59.5 Å². The van der Waals surface area contributed by atoms with Crippen LogP contribution in [0, 0.1) is 11.3 Å². The van der Waals surface area contributed by atoms with Crippen molar-refractivity contribution in [2.75, 3.05) is 39.0 Å². The minimum absolute atomic E-state index is 0.106. The van der Waals surface area contributed by atoms with Crippen LogP contribution in [-0.4, -0.2) is 56.7 Å². The van der Waals surface area contributed by atoms with Gasteiger partial charge in [-0.2, -0.15) is 9.57 Å². The molecule has 1 aliphatic rings. The molecule has 1 saturated heterocycles. The maximum atomic E-state index is 12.7. The third kappa shape index (κ3) is 4.90. The third-order valence-corrected chi connectivity index (χ3v) is 6.93. The highest BCUT2D eigenvalue weighted by Crippen LogP contribution is 2.25. The van der Waals surface area contributed by atoms with Gasteiger partial charge in [0, 0.05) is 26.2 Å². The second-order valence-corrected chi connectivity index (χ2v) is 8.88. The summed E-state index contributed by atoms with van der Waals surface area (Å²) in [5, 5.41) is 9.67. The minimum Gasteiger partial charge on any atom is -0.497 e. The van der Waals surface area contributed by atoms with Crippen LogP contribution in [0.5, 0.6) is 5.75 Å². The molecule has 0 saturated carbocycles. The molecule has 6 nitrogen and oxygen atoms in total. The second-order valence-electron chi connectivity index (χ2n) is 6.79. The summed E-state index contributed by atoms with van der Waals surface area (Å²) in [4.78, 5) is 2.03. The monoisotopic (exact) mass is 399 g/mol. The Balaban J connectivity index is 1.60. The molecular weight excluding hydrogens is 374 g/mol. The Kier molecular flexibility index (Phi) is 6.68. The zero-order valence-electron chi connectivity index (χ0n) is 16.0. The Labute approximate surface area is 167 Å². The number of nitriles is 1. The van der Waals surface area contributed by atoms with Gasteiger partial charge in [0.15, 0.2) is 0 Å². The highest BCUT2D eigenvalue weighted by atomic mass is 32.2. The number of methoxy groups -OCH3 is 1. The average molecular weight is 400 g/mol. The second kappa shape index (κ2) is 9.20. The smallest absolute Gasteiger partial charge is 0.214 e. The Morgan fingerprint density at radius 2 is 1.79 bits per heavy atom. The number of hydrogen-bond donors (Lipinski definition) is 0. The van der Waals surface area contributed by atoms with Crippen LogP contribution in [0.4, 0.5) is 0 Å². The lowest BCUT2D eigenvalue weighted by Crippen LogP contribution is -2.50. The van der Waals surface area contributed by atoms with E-state index in [1.165, 1.54) is 0 Å². The number of hydrogen-bond acceptors (Lipinski definition) is 5. The van der Waals surface area contributed by atoms with Gasteiger partial charge in [0.05, 0.1) is 18.9 Å². The molecule has 1 unspecified atom stereocenters. The summed E-state index contributed by atoms with van der Waals surface area (Å²) in [5.74, 6) is 0.814. The summed E-state index contributed by atoms with van der Waals surface area (Å²) < 4.78 is 32.2. The Hall–Kier alpha value is -2.40. The molecule has 1 aliphatic heterocycles. The Morgan fingerprint density at radius 3 is 2.43 bits per heavy atom. The van der Waals surface area contributed by atoms with Crippen molar-refractivity contribution in [2.24, 2.45) is 0 Å². The van der Waals surface area contributed by atoms with E-state index >= 15 is 0 Å². The molecule has 7 heteroatoms. The molecule has 0 N–H and O–H groups in total. The minimum atomic E-state index is -3.31. The van der Waals surface area contributed by atoms with Gasteiger partial charge >= 0.3 is 0 Å². The number of aryl methyl sites for hydroxylation is 1. The molecule has 1 fully saturated rings. The predicted octanol–water partition coefficient (Wildman–Crippen LogP) is 2.45. The Morgan fingerprint density at radius 1 is 1.07 bits per heavy atom. The van der Waals surface area contributed by atoms with E-state index in [9.17, 15) is 13.7 Å². The lowest BCUT2D eigenvalue weighted by molar-refractivity contribution is 0.162. The summed E-state index contributed by atoms with van der Waals surface area (Å²) in [6, 6.07) is 19.0. The number of piperazine rings is 1. The number of ether oxygens (including phenoxy) is 1. The van der Waals surface area contributed by atoms with Gasteiger partial charge < -0.3 is 4.74 Å². The molecule has 1 heterocycles. The molecule has 0 bridgehead atoms. The molecule has 3 rings (SSSR count). The van der Waals surface area contributed by atoms with Crippen LogP contribution in [-0.2, 0) is 16.4 Å². The largest absolute Gasteiger partial charge is 0.497 e. The maximum Gasteiger partial charge on any atom is 0.214 e. The van der Waals surface area contributed by atoms with E-state index in [4.69, 9.17) is 4.74 Å². The molecule has 1 atom stereocenters. The zero-order valence-corrected chi connectivity index (χ0v) is 16.8. The fourth-order valence-electron chi connectivity index (χ4n) is 3.44. The summed E-state index contributed by atoms with van der Waals surface area (Å²) in [6.45, 7) is 1.86. The van der Waals surface area contributed by atoms with E-state index in [0.29, 0.717) is 38.3 Å². The molecule has 0 spiro atoms. The lowest BCUT2D eigenvalue weighted by atomic mass is 10.1. The predicted molar refractivity (Wildman–Crippen MR) is 108 cm³/mol. The third-order valence-electron chi connectivity index (χ3n) is 5.06. The van der Waals surface area contributed by atoms with Crippen LogP contribution in [0.15, 0.2) is 54.6 Å². The van der Waals surface area contributed by atoms with E-state index in [1.54, 1.807) is 11.4 Å². The van der Waals surface area contributed by atoms with Crippen molar-refractivity contribution >= 4 is 10.0 Å². The molecular formula is C21H25N3O3S. The standard InChI is InChI=1S/C21H25N3O3S/c1-27-20-9-5-8-19(16-20)21(17-22)23-11-13-24(14-12-23)28(25,26)15-10-18-6-3-2-4-7-18/h2-9,16,21H,10-15H2,1H3. The topological polar surface area (TPSA) is 73.6 Å². The number of rotatable bonds is 7. The van der Waals surface area contributed by atoms with Gasteiger partial charge in [-0.25, -0.2) is 8.42 Å². The Bertz CT molecular complexity index is 917. The maximum absolute atomic E-state index is 12.7. The number of nitrogens with zero attached hydrogens (tertiary/aromatic N) is 3. The number of sulfonamides is 1. The molecule has 148 valence electrons. The molecule has 2 aromatic rings. The molecule has 0 radical (unpaired) electrons. The van der Waals surface area contributed by atoms with Gasteiger partial charge in [-0.1, -0.05) is 42.5 Å². The van der Waals surface area contributed by atoms with E-state index in [0.717, 1.165) is 11.1 Å². The highest BCUT2D eigenvalue weighted by Gasteiger charge is 2.30. The van der Waals surface area contributed by atoms with E-state index < -0.39 is 16.1 Å².